The fraction of sp³-hybridized carbons (Fsp3) is 0.324. The van der Waals surface area contributed by atoms with E-state index < -0.39 is 34.5 Å². The van der Waals surface area contributed by atoms with Gasteiger partial charge in [-0.25, -0.2) is 23.4 Å². The van der Waals surface area contributed by atoms with Gasteiger partial charge in [-0.2, -0.15) is 0 Å². The van der Waals surface area contributed by atoms with Crippen molar-refractivity contribution in [3.8, 4) is 0 Å². The van der Waals surface area contributed by atoms with Gasteiger partial charge >= 0.3 is 6.03 Å². The topological polar surface area (TPSA) is 187 Å². The average Bonchev–Trinajstić information content (AvgIpc) is 1.56. The number of nitrogens with zero attached hydrogens (tertiary/aromatic N) is 6. The number of amides is 6. The molecule has 0 spiro atoms. The number of rotatable bonds is 14. The molecule has 8 aromatic rings. The van der Waals surface area contributed by atoms with Gasteiger partial charge in [0.05, 0.1) is 33.0 Å². The molecular formula is C68H68Cl4F2N10O6. The Hall–Kier alpha value is -8.09. The normalized spacial score (nSPS) is 19.9. The molecule has 6 aromatic carbocycles. The van der Waals surface area contributed by atoms with Crippen molar-refractivity contribution in [3.05, 3.63) is 211 Å². The van der Waals surface area contributed by atoms with Crippen LogP contribution < -0.4 is 10.6 Å². The van der Waals surface area contributed by atoms with Crippen LogP contribution in [-0.4, -0.2) is 136 Å². The second kappa shape index (κ2) is 28.8. The van der Waals surface area contributed by atoms with Gasteiger partial charge in [-0.15, -0.1) is 0 Å². The number of benzene rings is 6. The summed E-state index contributed by atoms with van der Waals surface area (Å²) in [6, 6.07) is 38.3. The minimum Gasteiger partial charge on any atom is -0.361 e. The number of likely N-dealkylation sites (tertiary alicyclic amines) is 2. The van der Waals surface area contributed by atoms with Crippen molar-refractivity contribution in [1.82, 2.24) is 45.1 Å². The first-order valence-electron chi connectivity index (χ1n) is 29.9. The van der Waals surface area contributed by atoms with Crippen molar-refractivity contribution in [2.45, 2.75) is 64.7 Å². The minimum absolute atomic E-state index is 0.00285. The van der Waals surface area contributed by atoms with Crippen molar-refractivity contribution < 1.29 is 37.5 Å². The first-order chi connectivity index (χ1) is 43.5. The van der Waals surface area contributed by atoms with Crippen LogP contribution in [0.15, 0.2) is 151 Å². The van der Waals surface area contributed by atoms with Crippen LogP contribution in [0.4, 0.5) is 13.6 Å². The summed E-state index contributed by atoms with van der Waals surface area (Å²) in [5.41, 5.74) is 4.04. The largest absolute Gasteiger partial charge is 0.361 e. The van der Waals surface area contributed by atoms with E-state index in [1.807, 2.05) is 115 Å². The summed E-state index contributed by atoms with van der Waals surface area (Å²) in [6.07, 6.45) is 5.84. The van der Waals surface area contributed by atoms with Crippen LogP contribution in [0.1, 0.15) is 72.2 Å². The zero-order chi connectivity index (χ0) is 63.7. The Morgan fingerprint density at radius 3 is 1.41 bits per heavy atom. The molecule has 6 amide bonds. The van der Waals surface area contributed by atoms with Crippen LogP contribution in [0.3, 0.4) is 0 Å². The molecule has 468 valence electrons. The van der Waals surface area contributed by atoms with Gasteiger partial charge in [0.15, 0.2) is 0 Å². The SMILES string of the molecule is CCN=C=O.CCNC(=O)N1CCN(C(=O)[C@]2(Cc3ccccc3)CC(=O)N(Cc3ccc(Cl)c(F)c3)[C@H]2c2c[nH]c3cc(Cl)ccc23)CC1.O=C1C[C@@](Cc2ccccc2)(C(=O)N2CCNCC2)[C@H](c2c[nH]c3cc(Cl)ccc23)N1Cc1ccc(Cl)c(F)c1. The van der Waals surface area contributed by atoms with Gasteiger partial charge in [0.1, 0.15) is 11.6 Å². The van der Waals surface area contributed by atoms with Crippen LogP contribution in [0.25, 0.3) is 21.8 Å². The summed E-state index contributed by atoms with van der Waals surface area (Å²) in [5, 5.41) is 9.04. The maximum Gasteiger partial charge on any atom is 0.317 e. The van der Waals surface area contributed by atoms with Gasteiger partial charge in [-0.3, -0.25) is 19.2 Å². The smallest absolute Gasteiger partial charge is 0.317 e. The van der Waals surface area contributed by atoms with E-state index in [0.717, 1.165) is 44.1 Å². The van der Waals surface area contributed by atoms with E-state index in [2.05, 4.69) is 25.6 Å². The molecule has 6 heterocycles. The molecule has 4 aliphatic heterocycles. The number of carbonyl (C=O) groups excluding carboxylic acids is 6. The van der Waals surface area contributed by atoms with Crippen molar-refractivity contribution in [1.29, 1.82) is 0 Å². The highest BCUT2D eigenvalue weighted by Crippen LogP contribution is 2.55. The van der Waals surface area contributed by atoms with Crippen molar-refractivity contribution >= 4 is 104 Å². The fourth-order valence-electron chi connectivity index (χ4n) is 13.2. The maximum atomic E-state index is 15.0. The molecule has 0 aliphatic carbocycles. The summed E-state index contributed by atoms with van der Waals surface area (Å²) < 4.78 is 29.0. The monoisotopic (exact) mass is 1300 g/mol. The molecule has 4 fully saturated rings. The molecule has 0 radical (unpaired) electrons. The van der Waals surface area contributed by atoms with Crippen LogP contribution in [-0.2, 0) is 49.9 Å². The highest BCUT2D eigenvalue weighted by atomic mass is 35.5. The number of hydrogen-bond donors (Lipinski definition) is 4. The van der Waals surface area contributed by atoms with Gasteiger partial charge in [0.25, 0.3) is 0 Å². The van der Waals surface area contributed by atoms with Crippen LogP contribution in [0.5, 0.6) is 0 Å². The van der Waals surface area contributed by atoms with Crippen LogP contribution in [0.2, 0.25) is 20.1 Å². The lowest BCUT2D eigenvalue weighted by molar-refractivity contribution is -0.146. The number of urea groups is 1. The highest BCUT2D eigenvalue weighted by Gasteiger charge is 2.60. The Balaban J connectivity index is 0.000000185. The Bertz CT molecular complexity index is 3970. The quantitative estimate of drug-likeness (QED) is 0.0616. The van der Waals surface area contributed by atoms with E-state index in [1.54, 1.807) is 44.7 Å². The highest BCUT2D eigenvalue weighted by molar-refractivity contribution is 6.32. The lowest BCUT2D eigenvalue weighted by Gasteiger charge is -2.43. The molecule has 4 aliphatic rings. The van der Waals surface area contributed by atoms with Gasteiger partial charge in [0, 0.05) is 147 Å². The number of isocyanates is 1. The first kappa shape index (κ1) is 64.9. The Kier molecular flexibility index (Phi) is 20.8. The number of fused-ring (bicyclic) bond motifs is 2. The van der Waals surface area contributed by atoms with Gasteiger partial charge in [-0.05, 0) is 97.5 Å². The summed E-state index contributed by atoms with van der Waals surface area (Å²) in [7, 11) is 0. The predicted molar refractivity (Wildman–Crippen MR) is 346 cm³/mol. The van der Waals surface area contributed by atoms with Crippen molar-refractivity contribution in [2.24, 2.45) is 15.8 Å². The summed E-state index contributed by atoms with van der Waals surface area (Å²) in [6.45, 7) is 8.95. The summed E-state index contributed by atoms with van der Waals surface area (Å²) >= 11 is 24.5. The second-order valence-electron chi connectivity index (χ2n) is 22.9. The van der Waals surface area contributed by atoms with Gasteiger partial charge < -0.3 is 45.1 Å². The van der Waals surface area contributed by atoms with E-state index in [-0.39, 0.29) is 65.6 Å². The van der Waals surface area contributed by atoms with E-state index in [0.29, 0.717) is 99.5 Å². The molecule has 90 heavy (non-hydrogen) atoms. The molecule has 16 nitrogen and oxygen atoms in total. The van der Waals surface area contributed by atoms with Gasteiger partial charge in [0.2, 0.25) is 29.7 Å². The number of piperazine rings is 2. The molecule has 22 heteroatoms. The number of aromatic nitrogens is 2. The zero-order valence-corrected chi connectivity index (χ0v) is 52.7. The molecule has 0 saturated carbocycles. The van der Waals surface area contributed by atoms with Crippen LogP contribution >= 0.6 is 46.4 Å². The molecule has 4 atom stereocenters. The number of carbonyl (C=O) groups is 5. The third kappa shape index (κ3) is 13.9. The minimum atomic E-state index is -1.19. The van der Waals surface area contributed by atoms with E-state index in [9.17, 15) is 32.8 Å². The zero-order valence-electron chi connectivity index (χ0n) is 49.7. The Labute approximate surface area is 540 Å². The predicted octanol–water partition coefficient (Wildman–Crippen LogP) is 12.3. The van der Waals surface area contributed by atoms with E-state index >= 15 is 0 Å². The average molecular weight is 1300 g/mol. The van der Waals surface area contributed by atoms with Gasteiger partial charge in [-0.1, -0.05) is 131 Å². The third-order valence-corrected chi connectivity index (χ3v) is 18.3. The molecule has 12 rings (SSSR count). The molecule has 4 saturated heterocycles. The van der Waals surface area contributed by atoms with Crippen molar-refractivity contribution in [2.75, 3.05) is 65.4 Å². The molecule has 4 N–H and O–H groups in total. The lowest BCUT2D eigenvalue weighted by Crippen LogP contribution is -2.57. The first-order valence-corrected chi connectivity index (χ1v) is 31.4. The molecule has 2 aromatic heterocycles. The summed E-state index contributed by atoms with van der Waals surface area (Å²) in [5.74, 6) is -1.66. The number of aliphatic imine (C=N–C) groups is 1. The van der Waals surface area contributed by atoms with E-state index in [4.69, 9.17) is 51.2 Å². The fourth-order valence-corrected chi connectivity index (χ4v) is 13.8. The molecule has 0 bridgehead atoms. The number of nitrogens with one attached hydrogen (secondary N) is 4. The molecular weight excluding hydrogens is 1230 g/mol. The Morgan fingerprint density at radius 1 is 0.578 bits per heavy atom. The lowest BCUT2D eigenvalue weighted by atomic mass is 9.71. The number of hydrogen-bond acceptors (Lipinski definition) is 8. The number of halogens is 6. The maximum absolute atomic E-state index is 15.0. The number of H-pyrrole nitrogens is 2. The number of aromatic amines is 2. The Morgan fingerprint density at radius 2 is 1.01 bits per heavy atom. The standard InChI is InChI=1S/C34H34Cl2FN5O3.C31H29Cl2FN4O2.C3H5NO/c1-2-38-33(45)41-14-12-40(13-15-41)32(44)34(18-22-6-4-3-5-7-22)19-30(43)42(21-23-8-11-27(36)28(37)16-23)31(34)26-20-39-29-17-24(35)9-10-25(26)29;32-22-7-8-23-24(18-36-27(23)15-22)29-31(16-20-4-2-1-3-5-20,30(40)37-12-10-35-11-13-37)17-28(39)38(29)19-21-6-9-25(33)26(34)14-21;1-2-4-3-5/h3-11,16-17,20,31,39H,2,12-15,18-19,21H2,1H3,(H,38,45);1-9,14-15,18,29,35-36H,10-13,16-17,19H2;2H2,1H3/t31-,34+;29-,31+;/m00./s1. The van der Waals surface area contributed by atoms with Crippen LogP contribution in [0, 0.1) is 22.5 Å². The second-order valence-corrected chi connectivity index (χ2v) is 24.6. The van der Waals surface area contributed by atoms with E-state index in [1.165, 1.54) is 30.3 Å². The summed E-state index contributed by atoms with van der Waals surface area (Å²) in [4.78, 5) is 98.1. The third-order valence-electron chi connectivity index (χ3n) is 17.2. The molecule has 0 unspecified atom stereocenters. The van der Waals surface area contributed by atoms with Crippen molar-refractivity contribution in [3.63, 3.8) is 0 Å².